The van der Waals surface area contributed by atoms with E-state index in [4.69, 9.17) is 25.7 Å². The van der Waals surface area contributed by atoms with E-state index in [1.807, 2.05) is 0 Å². The van der Waals surface area contributed by atoms with Crippen molar-refractivity contribution < 1.29 is 37.8 Å². The number of fused-ring (bicyclic) bond motifs is 1. The molecule has 1 aliphatic heterocycles. The zero-order chi connectivity index (χ0) is 27.4. The minimum Gasteiger partial charge on any atom is -0.465 e. The first-order valence-corrected chi connectivity index (χ1v) is 12.0. The molecule has 12 nitrogen and oxygen atoms in total. The van der Waals surface area contributed by atoms with Crippen LogP contribution in [0.3, 0.4) is 0 Å². The molecule has 0 spiro atoms. The minimum absolute atomic E-state index is 0.0437. The summed E-state index contributed by atoms with van der Waals surface area (Å²) in [4.78, 5) is 52.1. The van der Waals surface area contributed by atoms with Gasteiger partial charge in [-0.1, -0.05) is 12.1 Å². The van der Waals surface area contributed by atoms with Gasteiger partial charge < -0.3 is 31.0 Å². The second-order valence-electron chi connectivity index (χ2n) is 7.83. The molecule has 0 aliphatic carbocycles. The number of primary amides is 1. The number of benzene rings is 2. The highest BCUT2D eigenvalue weighted by Gasteiger charge is 2.37. The summed E-state index contributed by atoms with van der Waals surface area (Å²) in [6.07, 6.45) is 0. The average molecular weight is 544 g/mol. The molecule has 0 bridgehead atoms. The number of esters is 1. The van der Waals surface area contributed by atoms with Crippen LogP contribution in [0.1, 0.15) is 38.7 Å². The zero-order valence-corrected chi connectivity index (χ0v) is 20.7. The number of nitrogens with two attached hydrogens (primary N) is 2. The summed E-state index contributed by atoms with van der Waals surface area (Å²) in [5, 5.41) is 2.45. The van der Waals surface area contributed by atoms with Crippen molar-refractivity contribution in [3.05, 3.63) is 64.4 Å². The Balaban J connectivity index is 1.84. The minimum atomic E-state index is -1.43. The Morgan fingerprint density at radius 1 is 1.16 bits per heavy atom. The van der Waals surface area contributed by atoms with Crippen molar-refractivity contribution in [3.8, 4) is 11.5 Å². The molecule has 0 radical (unpaired) electrons. The van der Waals surface area contributed by atoms with Gasteiger partial charge in [-0.2, -0.15) is 4.37 Å². The molecule has 3 amide bonds. The number of hydrogen-bond donors (Lipinski definition) is 3. The van der Waals surface area contributed by atoms with Crippen molar-refractivity contribution in [1.29, 1.82) is 0 Å². The van der Waals surface area contributed by atoms with Gasteiger partial charge in [-0.05, 0) is 48.3 Å². The summed E-state index contributed by atoms with van der Waals surface area (Å²) < 4.78 is 33.3. The van der Waals surface area contributed by atoms with Crippen LogP contribution in [0.5, 0.6) is 11.5 Å². The summed E-state index contributed by atoms with van der Waals surface area (Å²) in [5.74, 6) is -3.08. The maximum atomic E-state index is 14.0. The van der Waals surface area contributed by atoms with Gasteiger partial charge in [-0.25, -0.2) is 4.39 Å². The van der Waals surface area contributed by atoms with Gasteiger partial charge >= 0.3 is 5.97 Å². The first-order valence-electron chi connectivity index (χ1n) is 11.2. The van der Waals surface area contributed by atoms with Gasteiger partial charge in [0.05, 0.1) is 12.3 Å². The van der Waals surface area contributed by atoms with Gasteiger partial charge in [-0.3, -0.25) is 24.1 Å². The monoisotopic (exact) mass is 543 g/mol. The number of halogens is 1. The molecule has 38 heavy (non-hydrogen) atoms. The average Bonchev–Trinajstić information content (AvgIpc) is 3.52. The number of hydrogen-bond acceptors (Lipinski definition) is 10. The molecule has 2 heterocycles. The summed E-state index contributed by atoms with van der Waals surface area (Å²) >= 11 is 0.624. The highest BCUT2D eigenvalue weighted by molar-refractivity contribution is 7.09. The number of carbonyl (C=O) groups is 4. The highest BCUT2D eigenvalue weighted by atomic mass is 32.1. The third-order valence-corrected chi connectivity index (χ3v) is 6.26. The van der Waals surface area contributed by atoms with Gasteiger partial charge in [0.2, 0.25) is 12.7 Å². The third-order valence-electron chi connectivity index (χ3n) is 5.41. The van der Waals surface area contributed by atoms with Crippen LogP contribution < -0.4 is 31.2 Å². The molecule has 0 saturated carbocycles. The van der Waals surface area contributed by atoms with Crippen LogP contribution in [-0.2, 0) is 14.3 Å². The lowest BCUT2D eigenvalue weighted by Gasteiger charge is -2.31. The smallest absolute Gasteiger partial charge is 0.325 e. The maximum Gasteiger partial charge on any atom is 0.325 e. The van der Waals surface area contributed by atoms with E-state index in [1.54, 1.807) is 13.0 Å². The topological polar surface area (TPSA) is 176 Å². The molecule has 5 N–H and O–H groups in total. The third kappa shape index (κ3) is 5.34. The van der Waals surface area contributed by atoms with Gasteiger partial charge in [-0.15, -0.1) is 0 Å². The van der Waals surface area contributed by atoms with Crippen LogP contribution >= 0.6 is 11.5 Å². The van der Waals surface area contributed by atoms with Crippen LogP contribution in [0.2, 0.25) is 0 Å². The first kappa shape index (κ1) is 26.3. The predicted molar refractivity (Wildman–Crippen MR) is 133 cm³/mol. The number of anilines is 2. The lowest BCUT2D eigenvalue weighted by Crippen LogP contribution is -2.45. The van der Waals surface area contributed by atoms with E-state index >= 15 is 0 Å². The van der Waals surface area contributed by atoms with E-state index < -0.39 is 42.1 Å². The Hall–Kier alpha value is -4.72. The number of rotatable bonds is 9. The molecule has 1 aliphatic rings. The quantitative estimate of drug-likeness (QED) is 0.339. The van der Waals surface area contributed by atoms with E-state index in [2.05, 4.69) is 9.69 Å². The molecule has 0 unspecified atom stereocenters. The number of carbonyl (C=O) groups excluding carboxylic acids is 4. The zero-order valence-electron chi connectivity index (χ0n) is 19.9. The van der Waals surface area contributed by atoms with Crippen LogP contribution in [-0.4, -0.2) is 48.0 Å². The maximum absolute atomic E-state index is 14.0. The Bertz CT molecular complexity index is 1400. The fraction of sp³-hybridized carbons (Fsp3) is 0.208. The molecule has 4 rings (SSSR count). The Labute approximate surface area is 219 Å². The molecule has 1 atom stereocenters. The fourth-order valence-corrected chi connectivity index (χ4v) is 4.43. The molecule has 1 aromatic heterocycles. The van der Waals surface area contributed by atoms with E-state index in [-0.39, 0.29) is 40.9 Å². The second kappa shape index (κ2) is 11.1. The van der Waals surface area contributed by atoms with Crippen molar-refractivity contribution in [2.45, 2.75) is 13.0 Å². The number of amides is 3. The molecule has 0 saturated heterocycles. The van der Waals surface area contributed by atoms with E-state index in [1.165, 1.54) is 24.3 Å². The summed E-state index contributed by atoms with van der Waals surface area (Å²) in [6, 6.07) is 7.97. The van der Waals surface area contributed by atoms with E-state index in [0.29, 0.717) is 23.0 Å². The standard InChI is InChI=1S/C24H22FN5O7S/c1-2-35-17(31)10-28-23(33)20(12-3-5-13(25)6-4-12)30(14-7-8-15-16(9-14)37-11-36-15)24(34)21-18(26)19(22(27)32)29-38-21/h3-9,20H,2,10-11,26H2,1H3,(H2,27,32)(H,28,33)/t20-/m0/s1. The Kier molecular flexibility index (Phi) is 7.71. The lowest BCUT2D eigenvalue weighted by atomic mass is 10.0. The van der Waals surface area contributed by atoms with Crippen molar-refractivity contribution in [2.24, 2.45) is 5.73 Å². The predicted octanol–water partition coefficient (Wildman–Crippen LogP) is 1.76. The molecule has 0 fully saturated rings. The molecule has 3 aromatic rings. The normalized spacial score (nSPS) is 12.5. The van der Waals surface area contributed by atoms with Gasteiger partial charge in [0, 0.05) is 11.8 Å². The summed E-state index contributed by atoms with van der Waals surface area (Å²) in [7, 11) is 0. The number of aromatic nitrogens is 1. The van der Waals surface area contributed by atoms with E-state index in [9.17, 15) is 23.6 Å². The van der Waals surface area contributed by atoms with E-state index in [0.717, 1.165) is 17.0 Å². The van der Waals surface area contributed by atoms with Crippen molar-refractivity contribution in [1.82, 2.24) is 9.69 Å². The highest BCUT2D eigenvalue weighted by Crippen LogP contribution is 2.39. The molecule has 14 heteroatoms. The molecule has 2 aromatic carbocycles. The van der Waals surface area contributed by atoms with Crippen LogP contribution in [0, 0.1) is 5.82 Å². The van der Waals surface area contributed by atoms with Gasteiger partial charge in [0.25, 0.3) is 11.8 Å². The largest absolute Gasteiger partial charge is 0.465 e. The number of ether oxygens (including phenoxy) is 3. The lowest BCUT2D eigenvalue weighted by molar-refractivity contribution is -0.143. The van der Waals surface area contributed by atoms with Gasteiger partial charge in [0.1, 0.15) is 23.3 Å². The molecular formula is C24H22FN5O7S. The Morgan fingerprint density at radius 2 is 1.87 bits per heavy atom. The summed E-state index contributed by atoms with van der Waals surface area (Å²) in [6.45, 7) is 1.19. The van der Waals surface area contributed by atoms with Gasteiger partial charge in [0.15, 0.2) is 17.2 Å². The summed E-state index contributed by atoms with van der Waals surface area (Å²) in [5.41, 5.74) is 11.2. The Morgan fingerprint density at radius 3 is 2.53 bits per heavy atom. The molecule has 198 valence electrons. The number of nitrogens with one attached hydrogen (secondary N) is 1. The van der Waals surface area contributed by atoms with Crippen molar-refractivity contribution in [3.63, 3.8) is 0 Å². The SMILES string of the molecule is CCOC(=O)CNC(=O)[C@H](c1ccc(F)cc1)N(C(=O)c1snc(C(N)=O)c1N)c1ccc2c(c1)OCO2. The van der Waals surface area contributed by atoms with Crippen molar-refractivity contribution in [2.75, 3.05) is 30.6 Å². The first-order chi connectivity index (χ1) is 18.2. The van der Waals surface area contributed by atoms with Crippen LogP contribution in [0.4, 0.5) is 15.8 Å². The number of nitrogens with zero attached hydrogens (tertiary/aromatic N) is 2. The number of nitrogen functional groups attached to an aromatic ring is 1. The fourth-order valence-electron chi connectivity index (χ4n) is 3.69. The van der Waals surface area contributed by atoms with Crippen molar-refractivity contribution >= 4 is 46.6 Å². The van der Waals surface area contributed by atoms with Crippen LogP contribution in [0.15, 0.2) is 42.5 Å². The molecular weight excluding hydrogens is 521 g/mol. The van der Waals surface area contributed by atoms with Crippen LogP contribution in [0.25, 0.3) is 0 Å². The second-order valence-corrected chi connectivity index (χ2v) is 8.60.